The highest BCUT2D eigenvalue weighted by molar-refractivity contribution is 5.55. The van der Waals surface area contributed by atoms with Gasteiger partial charge >= 0.3 is 0 Å². The standard InChI is InChI=1S/C15H21NO2/c1-11-3-4-12(9-11)16-13-5-6-14-15(10-13)18-8-2-7-17-14/h5-6,10-12,16H,2-4,7-9H2,1H3. The van der Waals surface area contributed by atoms with Crippen LogP contribution >= 0.6 is 0 Å². The van der Waals surface area contributed by atoms with E-state index in [1.807, 2.05) is 6.07 Å². The third-order valence-corrected chi connectivity index (χ3v) is 3.81. The second kappa shape index (κ2) is 5.09. The van der Waals surface area contributed by atoms with E-state index in [2.05, 4.69) is 24.4 Å². The number of fused-ring (bicyclic) bond motifs is 1. The van der Waals surface area contributed by atoms with Crippen molar-refractivity contribution in [3.63, 3.8) is 0 Å². The van der Waals surface area contributed by atoms with Crippen LogP contribution in [-0.2, 0) is 0 Å². The minimum absolute atomic E-state index is 0.616. The molecular weight excluding hydrogens is 226 g/mol. The maximum atomic E-state index is 5.71. The second-order valence-corrected chi connectivity index (χ2v) is 5.47. The first-order valence-corrected chi connectivity index (χ1v) is 6.97. The topological polar surface area (TPSA) is 30.5 Å². The Morgan fingerprint density at radius 3 is 2.72 bits per heavy atom. The van der Waals surface area contributed by atoms with Crippen LogP contribution in [0.2, 0.25) is 0 Å². The number of hydrogen-bond donors (Lipinski definition) is 1. The Bertz CT molecular complexity index is 419. The molecule has 2 unspecified atom stereocenters. The van der Waals surface area contributed by atoms with Gasteiger partial charge in [0.05, 0.1) is 13.2 Å². The Hall–Kier alpha value is -1.38. The Morgan fingerprint density at radius 1 is 1.11 bits per heavy atom. The van der Waals surface area contributed by atoms with Crippen LogP contribution in [0.25, 0.3) is 0 Å². The van der Waals surface area contributed by atoms with E-state index in [9.17, 15) is 0 Å². The van der Waals surface area contributed by atoms with Gasteiger partial charge in [0.1, 0.15) is 0 Å². The summed E-state index contributed by atoms with van der Waals surface area (Å²) in [5.74, 6) is 2.60. The summed E-state index contributed by atoms with van der Waals surface area (Å²) in [4.78, 5) is 0. The molecular formula is C15H21NO2. The summed E-state index contributed by atoms with van der Waals surface area (Å²) in [6.07, 6.45) is 4.84. The molecule has 1 saturated carbocycles. The highest BCUT2D eigenvalue weighted by Crippen LogP contribution is 2.34. The van der Waals surface area contributed by atoms with E-state index >= 15 is 0 Å². The van der Waals surface area contributed by atoms with Crippen LogP contribution in [0.5, 0.6) is 11.5 Å². The molecule has 1 aliphatic heterocycles. The van der Waals surface area contributed by atoms with E-state index in [0.29, 0.717) is 6.04 Å². The summed E-state index contributed by atoms with van der Waals surface area (Å²) in [5, 5.41) is 3.61. The number of nitrogens with one attached hydrogen (secondary N) is 1. The van der Waals surface area contributed by atoms with Crippen LogP contribution in [0.3, 0.4) is 0 Å². The van der Waals surface area contributed by atoms with Gasteiger partial charge in [0.2, 0.25) is 0 Å². The molecule has 0 aromatic heterocycles. The van der Waals surface area contributed by atoms with Crippen molar-refractivity contribution >= 4 is 5.69 Å². The van der Waals surface area contributed by atoms with Gasteiger partial charge in [0.25, 0.3) is 0 Å². The normalized spacial score (nSPS) is 26.7. The van der Waals surface area contributed by atoms with Crippen LogP contribution < -0.4 is 14.8 Å². The molecule has 3 nitrogen and oxygen atoms in total. The lowest BCUT2D eigenvalue weighted by atomic mass is 10.1. The van der Waals surface area contributed by atoms with Crippen LogP contribution in [0.4, 0.5) is 5.69 Å². The van der Waals surface area contributed by atoms with Gasteiger partial charge in [0, 0.05) is 24.2 Å². The molecule has 1 aromatic rings. The van der Waals surface area contributed by atoms with Gasteiger partial charge in [-0.25, -0.2) is 0 Å². The van der Waals surface area contributed by atoms with Gasteiger partial charge in [0.15, 0.2) is 11.5 Å². The van der Waals surface area contributed by atoms with E-state index in [1.165, 1.54) is 19.3 Å². The molecule has 2 aliphatic rings. The number of benzene rings is 1. The largest absolute Gasteiger partial charge is 0.490 e. The smallest absolute Gasteiger partial charge is 0.163 e. The van der Waals surface area contributed by atoms with E-state index in [0.717, 1.165) is 42.7 Å². The van der Waals surface area contributed by atoms with Crippen molar-refractivity contribution < 1.29 is 9.47 Å². The van der Waals surface area contributed by atoms with E-state index < -0.39 is 0 Å². The fourth-order valence-corrected chi connectivity index (χ4v) is 2.83. The van der Waals surface area contributed by atoms with Crippen LogP contribution in [0.1, 0.15) is 32.6 Å². The van der Waals surface area contributed by atoms with Crippen molar-refractivity contribution in [2.75, 3.05) is 18.5 Å². The fourth-order valence-electron chi connectivity index (χ4n) is 2.83. The lowest BCUT2D eigenvalue weighted by molar-refractivity contribution is 0.297. The quantitative estimate of drug-likeness (QED) is 0.868. The molecule has 0 amide bonds. The van der Waals surface area contributed by atoms with Crippen molar-refractivity contribution in [2.24, 2.45) is 5.92 Å². The van der Waals surface area contributed by atoms with Crippen molar-refractivity contribution in [3.05, 3.63) is 18.2 Å². The van der Waals surface area contributed by atoms with E-state index in [-0.39, 0.29) is 0 Å². The van der Waals surface area contributed by atoms with Crippen molar-refractivity contribution in [1.29, 1.82) is 0 Å². The number of rotatable bonds is 2. The van der Waals surface area contributed by atoms with Crippen LogP contribution in [0, 0.1) is 5.92 Å². The molecule has 98 valence electrons. The van der Waals surface area contributed by atoms with E-state index in [1.54, 1.807) is 0 Å². The van der Waals surface area contributed by atoms with Gasteiger partial charge in [-0.1, -0.05) is 6.92 Å². The van der Waals surface area contributed by atoms with Crippen LogP contribution in [-0.4, -0.2) is 19.3 Å². The third kappa shape index (κ3) is 2.55. The second-order valence-electron chi connectivity index (χ2n) is 5.47. The zero-order valence-corrected chi connectivity index (χ0v) is 10.9. The summed E-state index contributed by atoms with van der Waals surface area (Å²) < 4.78 is 11.3. The van der Waals surface area contributed by atoms with Crippen molar-refractivity contribution in [3.8, 4) is 11.5 Å². The molecule has 1 heterocycles. The maximum Gasteiger partial charge on any atom is 0.163 e. The summed E-state index contributed by atoms with van der Waals surface area (Å²) in [7, 11) is 0. The molecule has 1 aliphatic carbocycles. The molecule has 0 saturated heterocycles. The first-order valence-electron chi connectivity index (χ1n) is 6.97. The molecule has 3 heteroatoms. The molecule has 2 atom stereocenters. The zero-order chi connectivity index (χ0) is 12.4. The van der Waals surface area contributed by atoms with Gasteiger partial charge < -0.3 is 14.8 Å². The van der Waals surface area contributed by atoms with Crippen LogP contribution in [0.15, 0.2) is 18.2 Å². The van der Waals surface area contributed by atoms with Gasteiger partial charge in [-0.15, -0.1) is 0 Å². The number of anilines is 1. The molecule has 0 spiro atoms. The minimum atomic E-state index is 0.616. The summed E-state index contributed by atoms with van der Waals surface area (Å²) in [6.45, 7) is 3.83. The average molecular weight is 247 g/mol. The Balaban J connectivity index is 1.71. The maximum absolute atomic E-state index is 5.71. The number of hydrogen-bond acceptors (Lipinski definition) is 3. The molecule has 18 heavy (non-hydrogen) atoms. The highest BCUT2D eigenvalue weighted by Gasteiger charge is 2.21. The first kappa shape index (κ1) is 11.7. The Morgan fingerprint density at radius 2 is 1.94 bits per heavy atom. The van der Waals surface area contributed by atoms with Crippen molar-refractivity contribution in [1.82, 2.24) is 0 Å². The summed E-state index contributed by atoms with van der Waals surface area (Å²) in [5.41, 5.74) is 1.15. The Labute approximate surface area is 108 Å². The molecule has 1 aromatic carbocycles. The predicted octanol–water partition coefficient (Wildman–Crippen LogP) is 3.45. The lowest BCUT2D eigenvalue weighted by Crippen LogP contribution is -2.15. The molecule has 1 fully saturated rings. The van der Waals surface area contributed by atoms with Gasteiger partial charge in [-0.05, 0) is 37.3 Å². The number of ether oxygens (including phenoxy) is 2. The third-order valence-electron chi connectivity index (χ3n) is 3.81. The van der Waals surface area contributed by atoms with Gasteiger partial charge in [-0.3, -0.25) is 0 Å². The Kier molecular flexibility index (Phi) is 3.31. The average Bonchev–Trinajstić information content (AvgIpc) is 2.64. The molecule has 0 radical (unpaired) electrons. The summed E-state index contributed by atoms with van der Waals surface area (Å²) >= 11 is 0. The van der Waals surface area contributed by atoms with Crippen molar-refractivity contribution in [2.45, 2.75) is 38.6 Å². The monoisotopic (exact) mass is 247 g/mol. The fraction of sp³-hybridized carbons (Fsp3) is 0.600. The zero-order valence-electron chi connectivity index (χ0n) is 10.9. The molecule has 1 N–H and O–H groups in total. The SMILES string of the molecule is CC1CCC(Nc2ccc3c(c2)OCCCO3)C1. The predicted molar refractivity (Wildman–Crippen MR) is 72.5 cm³/mol. The lowest BCUT2D eigenvalue weighted by Gasteiger charge is -2.15. The first-order chi connectivity index (χ1) is 8.81. The summed E-state index contributed by atoms with van der Waals surface area (Å²) in [6, 6.07) is 6.80. The molecule has 0 bridgehead atoms. The van der Waals surface area contributed by atoms with Gasteiger partial charge in [-0.2, -0.15) is 0 Å². The van der Waals surface area contributed by atoms with E-state index in [4.69, 9.17) is 9.47 Å². The minimum Gasteiger partial charge on any atom is -0.490 e. The highest BCUT2D eigenvalue weighted by atomic mass is 16.5. The molecule has 3 rings (SSSR count).